The smallest absolute Gasteiger partial charge is 0.326 e. The van der Waals surface area contributed by atoms with E-state index in [1.807, 2.05) is 0 Å². The van der Waals surface area contributed by atoms with E-state index in [2.05, 4.69) is 4.74 Å². The zero-order chi connectivity index (χ0) is 11.7. The molecule has 0 N–H and O–H groups in total. The van der Waals surface area contributed by atoms with Crippen molar-refractivity contribution >= 4 is 16.0 Å². The normalized spacial score (nSPS) is 22.3. The highest BCUT2D eigenvalue weighted by Crippen LogP contribution is 2.25. The highest BCUT2D eigenvalue weighted by atomic mass is 32.2. The molecule has 0 radical (unpaired) electrons. The summed E-state index contributed by atoms with van der Waals surface area (Å²) in [6.45, 7) is 3.54. The zero-order valence-electron chi connectivity index (χ0n) is 9.32. The molecule has 0 aromatic rings. The van der Waals surface area contributed by atoms with Gasteiger partial charge in [-0.25, -0.2) is 8.42 Å². The number of sulfonamides is 1. The average Bonchev–Trinajstić information content (AvgIpc) is 2.15. The maximum absolute atomic E-state index is 11.8. The van der Waals surface area contributed by atoms with Crippen LogP contribution >= 0.6 is 0 Å². The molecule has 0 saturated carbocycles. The van der Waals surface area contributed by atoms with E-state index < -0.39 is 21.5 Å². The fourth-order valence-corrected chi connectivity index (χ4v) is 3.73. The quantitative estimate of drug-likeness (QED) is 0.648. The van der Waals surface area contributed by atoms with Gasteiger partial charge < -0.3 is 4.74 Å². The Balaban J connectivity index is 2.99. The second kappa shape index (κ2) is 4.09. The molecule has 6 heteroatoms. The van der Waals surface area contributed by atoms with Crippen LogP contribution in [0.5, 0.6) is 0 Å². The van der Waals surface area contributed by atoms with E-state index in [1.54, 1.807) is 13.8 Å². The van der Waals surface area contributed by atoms with Gasteiger partial charge in [0.25, 0.3) is 0 Å². The van der Waals surface area contributed by atoms with Crippen LogP contribution in [0.3, 0.4) is 0 Å². The van der Waals surface area contributed by atoms with Crippen molar-refractivity contribution < 1.29 is 17.9 Å². The predicted molar refractivity (Wildman–Crippen MR) is 55.8 cm³/mol. The van der Waals surface area contributed by atoms with Crippen molar-refractivity contribution in [2.24, 2.45) is 0 Å². The number of hydrogen-bond donors (Lipinski definition) is 0. The molecule has 5 nitrogen and oxygen atoms in total. The van der Waals surface area contributed by atoms with Crippen molar-refractivity contribution in [2.45, 2.75) is 32.2 Å². The van der Waals surface area contributed by atoms with Crippen molar-refractivity contribution in [3.8, 4) is 0 Å². The molecule has 1 saturated heterocycles. The molecule has 1 fully saturated rings. The molecule has 1 aliphatic rings. The van der Waals surface area contributed by atoms with Crippen LogP contribution in [0.25, 0.3) is 0 Å². The lowest BCUT2D eigenvalue weighted by Crippen LogP contribution is -2.55. The molecule has 88 valence electrons. The maximum atomic E-state index is 11.8. The van der Waals surface area contributed by atoms with E-state index in [-0.39, 0.29) is 5.75 Å². The van der Waals surface area contributed by atoms with Gasteiger partial charge in [-0.1, -0.05) is 0 Å². The summed E-state index contributed by atoms with van der Waals surface area (Å²) in [5.41, 5.74) is -1.10. The summed E-state index contributed by atoms with van der Waals surface area (Å²) >= 11 is 0. The van der Waals surface area contributed by atoms with Crippen LogP contribution in [0.2, 0.25) is 0 Å². The Kier molecular flexibility index (Phi) is 3.40. The summed E-state index contributed by atoms with van der Waals surface area (Å²) in [4.78, 5) is 11.5. The van der Waals surface area contributed by atoms with Gasteiger partial charge in [0.1, 0.15) is 5.54 Å². The fourth-order valence-electron chi connectivity index (χ4n) is 1.77. The Morgan fingerprint density at radius 1 is 1.33 bits per heavy atom. The molecule has 0 amide bonds. The van der Waals surface area contributed by atoms with E-state index in [0.29, 0.717) is 13.0 Å². The van der Waals surface area contributed by atoms with Gasteiger partial charge in [-0.15, -0.1) is 0 Å². The number of ether oxygens (including phenoxy) is 1. The number of carbonyl (C=O) groups excluding carboxylic acids is 1. The predicted octanol–water partition coefficient (Wildman–Crippen LogP) is 0.364. The third-order valence-corrected chi connectivity index (χ3v) is 4.77. The minimum Gasteiger partial charge on any atom is -0.468 e. The summed E-state index contributed by atoms with van der Waals surface area (Å²) in [6, 6.07) is 0. The first-order valence-corrected chi connectivity index (χ1v) is 6.52. The Hall–Kier alpha value is -0.620. The molecule has 0 aliphatic carbocycles. The third-order valence-electron chi connectivity index (χ3n) is 2.66. The number of esters is 1. The Morgan fingerprint density at radius 2 is 1.93 bits per heavy atom. The van der Waals surface area contributed by atoms with E-state index in [0.717, 1.165) is 6.42 Å². The molecule has 0 aromatic heterocycles. The van der Waals surface area contributed by atoms with Crippen LogP contribution in [-0.2, 0) is 19.6 Å². The molecule has 0 spiro atoms. The van der Waals surface area contributed by atoms with E-state index in [9.17, 15) is 13.2 Å². The number of nitrogens with zero attached hydrogens (tertiary/aromatic N) is 1. The third kappa shape index (κ3) is 2.31. The van der Waals surface area contributed by atoms with Crippen molar-refractivity contribution in [1.29, 1.82) is 0 Å². The molecule has 1 rings (SSSR count). The van der Waals surface area contributed by atoms with Crippen molar-refractivity contribution in [3.05, 3.63) is 0 Å². The van der Waals surface area contributed by atoms with Gasteiger partial charge in [0.15, 0.2) is 0 Å². The summed E-state index contributed by atoms with van der Waals surface area (Å²) in [5, 5.41) is 0. The molecule has 0 aromatic carbocycles. The van der Waals surface area contributed by atoms with Crippen LogP contribution in [0, 0.1) is 0 Å². The number of hydrogen-bond acceptors (Lipinski definition) is 4. The van der Waals surface area contributed by atoms with Gasteiger partial charge in [0.2, 0.25) is 10.0 Å². The maximum Gasteiger partial charge on any atom is 0.326 e. The SMILES string of the molecule is COC(=O)C(C)(C)N1CCCCS1(=O)=O. The average molecular weight is 235 g/mol. The van der Waals surface area contributed by atoms with Gasteiger partial charge in [-0.2, -0.15) is 4.31 Å². The largest absolute Gasteiger partial charge is 0.468 e. The number of carbonyl (C=O) groups is 1. The molecular formula is C9H17NO4S. The fraction of sp³-hybridized carbons (Fsp3) is 0.889. The lowest BCUT2D eigenvalue weighted by molar-refractivity contribution is -0.150. The van der Waals surface area contributed by atoms with E-state index >= 15 is 0 Å². The molecule has 1 heterocycles. The minimum absolute atomic E-state index is 0.118. The van der Waals surface area contributed by atoms with Crippen molar-refractivity contribution in [3.63, 3.8) is 0 Å². The minimum atomic E-state index is -3.30. The first kappa shape index (κ1) is 12.4. The highest BCUT2D eigenvalue weighted by molar-refractivity contribution is 7.89. The summed E-state index contributed by atoms with van der Waals surface area (Å²) < 4.78 is 29.4. The number of methoxy groups -OCH3 is 1. The van der Waals surface area contributed by atoms with Gasteiger partial charge >= 0.3 is 5.97 Å². The van der Waals surface area contributed by atoms with Crippen LogP contribution in [-0.4, -0.2) is 43.6 Å². The molecule has 1 aliphatic heterocycles. The monoisotopic (exact) mass is 235 g/mol. The lowest BCUT2D eigenvalue weighted by Gasteiger charge is -2.37. The van der Waals surface area contributed by atoms with Crippen LogP contribution < -0.4 is 0 Å². The first-order valence-electron chi connectivity index (χ1n) is 4.91. The summed E-state index contributed by atoms with van der Waals surface area (Å²) in [6.07, 6.45) is 1.45. The van der Waals surface area contributed by atoms with Gasteiger partial charge in [0, 0.05) is 6.54 Å². The standard InChI is InChI=1S/C9H17NO4S/c1-9(2,8(11)14-3)10-6-4-5-7-15(10,12)13/h4-7H2,1-3H3. The van der Waals surface area contributed by atoms with E-state index in [4.69, 9.17) is 0 Å². The first-order chi connectivity index (χ1) is 6.82. The second-order valence-electron chi connectivity index (χ2n) is 4.15. The van der Waals surface area contributed by atoms with Crippen molar-refractivity contribution in [1.82, 2.24) is 4.31 Å². The van der Waals surface area contributed by atoms with Gasteiger partial charge in [0.05, 0.1) is 12.9 Å². The van der Waals surface area contributed by atoms with Crippen LogP contribution in [0.1, 0.15) is 26.7 Å². The Bertz CT molecular complexity index is 347. The number of rotatable bonds is 2. The van der Waals surface area contributed by atoms with Crippen LogP contribution in [0.15, 0.2) is 0 Å². The van der Waals surface area contributed by atoms with E-state index in [1.165, 1.54) is 11.4 Å². The van der Waals surface area contributed by atoms with Gasteiger partial charge in [-0.05, 0) is 26.7 Å². The lowest BCUT2D eigenvalue weighted by atomic mass is 10.1. The summed E-state index contributed by atoms with van der Waals surface area (Å²) in [5.74, 6) is -0.402. The van der Waals surface area contributed by atoms with Crippen molar-refractivity contribution in [2.75, 3.05) is 19.4 Å². The Morgan fingerprint density at radius 3 is 2.40 bits per heavy atom. The Labute approximate surface area is 90.4 Å². The zero-order valence-corrected chi connectivity index (χ0v) is 10.1. The summed E-state index contributed by atoms with van der Waals surface area (Å²) in [7, 11) is -2.04. The molecule has 0 unspecified atom stereocenters. The van der Waals surface area contributed by atoms with Crippen LogP contribution in [0.4, 0.5) is 0 Å². The second-order valence-corrected chi connectivity index (χ2v) is 6.16. The topological polar surface area (TPSA) is 63.7 Å². The molecule has 0 bridgehead atoms. The molecular weight excluding hydrogens is 218 g/mol. The van der Waals surface area contributed by atoms with Gasteiger partial charge in [-0.3, -0.25) is 4.79 Å². The molecule has 15 heavy (non-hydrogen) atoms. The molecule has 0 atom stereocenters. The highest BCUT2D eigenvalue weighted by Gasteiger charge is 2.43.